The van der Waals surface area contributed by atoms with Crippen LogP contribution in [0.5, 0.6) is 0 Å². The Morgan fingerprint density at radius 1 is 1.24 bits per heavy atom. The number of guanidine groups is 1. The van der Waals surface area contributed by atoms with Gasteiger partial charge in [0.2, 0.25) is 11.8 Å². The molecule has 0 spiro atoms. The summed E-state index contributed by atoms with van der Waals surface area (Å²) in [4.78, 5) is 32.7. The molecule has 1 fully saturated rings. The van der Waals surface area contributed by atoms with Gasteiger partial charge in [0.05, 0.1) is 12.1 Å². The number of carbonyl (C=O) groups excluding carboxylic acids is 2. The highest BCUT2D eigenvalue weighted by molar-refractivity contribution is 5.88. The summed E-state index contributed by atoms with van der Waals surface area (Å²) in [5.41, 5.74) is -0.660. The van der Waals surface area contributed by atoms with E-state index in [0.717, 1.165) is 0 Å². The highest BCUT2D eigenvalue weighted by Gasteiger charge is 2.40. The van der Waals surface area contributed by atoms with Gasteiger partial charge in [0, 0.05) is 38.1 Å². The van der Waals surface area contributed by atoms with Gasteiger partial charge >= 0.3 is 0 Å². The Morgan fingerprint density at radius 3 is 2.24 bits per heavy atom. The van der Waals surface area contributed by atoms with E-state index in [1.807, 2.05) is 44.4 Å². The van der Waals surface area contributed by atoms with Crippen LogP contribution >= 0.6 is 0 Å². The summed E-state index contributed by atoms with van der Waals surface area (Å²) in [6.07, 6.45) is 0. The van der Waals surface area contributed by atoms with E-state index >= 15 is 0 Å². The molecule has 1 aliphatic rings. The van der Waals surface area contributed by atoms with Crippen molar-refractivity contribution in [2.75, 3.05) is 33.2 Å². The first-order valence-electron chi connectivity index (χ1n) is 8.96. The summed E-state index contributed by atoms with van der Waals surface area (Å²) < 4.78 is 0. The second-order valence-electron chi connectivity index (χ2n) is 8.51. The molecule has 1 rings (SSSR count). The molecule has 0 radical (unpaired) electrons. The summed E-state index contributed by atoms with van der Waals surface area (Å²) in [7, 11) is 1.71. The fourth-order valence-corrected chi connectivity index (χ4v) is 3.26. The fraction of sp³-hybridized carbons (Fsp3) is 0.833. The molecular formula is C18H35N5O2. The molecule has 2 N–H and O–H groups in total. The lowest BCUT2D eigenvalue weighted by Gasteiger charge is -2.49. The van der Waals surface area contributed by atoms with Crippen molar-refractivity contribution >= 4 is 17.8 Å². The third-order valence-electron chi connectivity index (χ3n) is 4.23. The Kier molecular flexibility index (Phi) is 6.85. The average Bonchev–Trinajstić information content (AvgIpc) is 2.43. The molecule has 0 bridgehead atoms. The largest absolute Gasteiger partial charge is 0.354 e. The predicted molar refractivity (Wildman–Crippen MR) is 101 cm³/mol. The van der Waals surface area contributed by atoms with E-state index in [9.17, 15) is 9.59 Å². The van der Waals surface area contributed by atoms with Crippen LogP contribution in [0.2, 0.25) is 0 Å². The molecular weight excluding hydrogens is 318 g/mol. The van der Waals surface area contributed by atoms with Crippen LogP contribution in [0.4, 0.5) is 0 Å². The Bertz CT molecular complexity index is 520. The normalized spacial score (nSPS) is 18.6. The van der Waals surface area contributed by atoms with E-state index in [0.29, 0.717) is 32.1 Å². The van der Waals surface area contributed by atoms with Crippen molar-refractivity contribution in [1.29, 1.82) is 0 Å². The molecule has 144 valence electrons. The topological polar surface area (TPSA) is 77.0 Å². The Balaban J connectivity index is 2.61. The molecule has 7 nitrogen and oxygen atoms in total. The molecule has 0 aliphatic carbocycles. The third kappa shape index (κ3) is 5.61. The molecule has 0 aromatic heterocycles. The lowest BCUT2D eigenvalue weighted by molar-refractivity contribution is -0.145. The first-order chi connectivity index (χ1) is 11.4. The van der Waals surface area contributed by atoms with Crippen LogP contribution in [0.3, 0.4) is 0 Å². The van der Waals surface area contributed by atoms with E-state index in [4.69, 9.17) is 0 Å². The quantitative estimate of drug-likeness (QED) is 0.450. The summed E-state index contributed by atoms with van der Waals surface area (Å²) in [6, 6.07) is 0.173. The van der Waals surface area contributed by atoms with Gasteiger partial charge in [-0.15, -0.1) is 0 Å². The average molecular weight is 354 g/mol. The number of nitrogens with one attached hydrogen (secondary N) is 2. The molecule has 0 unspecified atom stereocenters. The van der Waals surface area contributed by atoms with Gasteiger partial charge in [-0.05, 0) is 27.7 Å². The van der Waals surface area contributed by atoms with Gasteiger partial charge in [0.1, 0.15) is 0 Å². The molecule has 1 heterocycles. The second kappa shape index (κ2) is 8.06. The van der Waals surface area contributed by atoms with Crippen LogP contribution in [-0.2, 0) is 9.59 Å². The minimum Gasteiger partial charge on any atom is -0.354 e. The van der Waals surface area contributed by atoms with Crippen molar-refractivity contribution in [2.45, 2.75) is 60.0 Å². The standard InChI is InChI=1S/C18H35N5O2/c1-13(2)23-14(24)11-22(12-18(23,6)7)16(19-8)21-10-9-20-15(25)17(3,4)5/h13H,9-12H2,1-8H3,(H,19,21)(H,20,25). The van der Waals surface area contributed by atoms with Crippen molar-refractivity contribution in [2.24, 2.45) is 10.4 Å². The number of nitrogens with zero attached hydrogens (tertiary/aromatic N) is 3. The van der Waals surface area contributed by atoms with E-state index < -0.39 is 5.41 Å². The van der Waals surface area contributed by atoms with Crippen molar-refractivity contribution in [1.82, 2.24) is 20.4 Å². The minimum absolute atomic E-state index is 0.0196. The number of rotatable bonds is 4. The van der Waals surface area contributed by atoms with Crippen LogP contribution in [0.1, 0.15) is 48.5 Å². The highest BCUT2D eigenvalue weighted by atomic mass is 16.2. The molecule has 25 heavy (non-hydrogen) atoms. The van der Waals surface area contributed by atoms with Crippen LogP contribution in [0.15, 0.2) is 4.99 Å². The summed E-state index contributed by atoms with van der Waals surface area (Å²) in [5.74, 6) is 0.816. The molecule has 1 aliphatic heterocycles. The van der Waals surface area contributed by atoms with E-state index in [-0.39, 0.29) is 23.4 Å². The van der Waals surface area contributed by atoms with Crippen LogP contribution < -0.4 is 10.6 Å². The highest BCUT2D eigenvalue weighted by Crippen LogP contribution is 2.24. The number of aliphatic imine (C=N–C) groups is 1. The lowest BCUT2D eigenvalue weighted by atomic mass is 9.96. The molecule has 2 amide bonds. The van der Waals surface area contributed by atoms with Crippen molar-refractivity contribution in [3.05, 3.63) is 0 Å². The van der Waals surface area contributed by atoms with Crippen molar-refractivity contribution < 1.29 is 9.59 Å². The fourth-order valence-electron chi connectivity index (χ4n) is 3.26. The molecule has 0 aromatic rings. The zero-order valence-electron chi connectivity index (χ0n) is 17.1. The molecule has 7 heteroatoms. The van der Waals surface area contributed by atoms with Gasteiger partial charge in [0.25, 0.3) is 0 Å². The number of hydrogen-bond acceptors (Lipinski definition) is 3. The van der Waals surface area contributed by atoms with Gasteiger partial charge < -0.3 is 20.4 Å². The van der Waals surface area contributed by atoms with Gasteiger partial charge in [-0.2, -0.15) is 0 Å². The maximum atomic E-state index is 12.6. The molecule has 0 saturated carbocycles. The first-order valence-corrected chi connectivity index (χ1v) is 8.96. The summed E-state index contributed by atoms with van der Waals surface area (Å²) >= 11 is 0. The molecule has 0 aromatic carbocycles. The van der Waals surface area contributed by atoms with Crippen LogP contribution in [0, 0.1) is 5.41 Å². The third-order valence-corrected chi connectivity index (χ3v) is 4.23. The predicted octanol–water partition coefficient (Wildman–Crippen LogP) is 1.06. The number of amides is 2. The van der Waals surface area contributed by atoms with Gasteiger partial charge in [-0.3, -0.25) is 14.6 Å². The van der Waals surface area contributed by atoms with Crippen molar-refractivity contribution in [3.8, 4) is 0 Å². The zero-order valence-corrected chi connectivity index (χ0v) is 17.1. The van der Waals surface area contributed by atoms with Crippen molar-refractivity contribution in [3.63, 3.8) is 0 Å². The number of carbonyl (C=O) groups is 2. The Morgan fingerprint density at radius 2 is 1.80 bits per heavy atom. The summed E-state index contributed by atoms with van der Waals surface area (Å²) in [6.45, 7) is 16.0. The van der Waals surface area contributed by atoms with E-state index in [1.165, 1.54) is 0 Å². The SMILES string of the molecule is CN=C(NCCNC(=O)C(C)(C)C)N1CC(=O)N(C(C)C)C(C)(C)C1. The van der Waals surface area contributed by atoms with E-state index in [1.54, 1.807) is 7.05 Å². The minimum atomic E-state index is -0.398. The summed E-state index contributed by atoms with van der Waals surface area (Å²) in [5, 5.41) is 6.14. The number of hydrogen-bond donors (Lipinski definition) is 2. The Hall–Kier alpha value is -1.79. The van der Waals surface area contributed by atoms with Crippen LogP contribution in [0.25, 0.3) is 0 Å². The Labute approximate surface area is 152 Å². The maximum Gasteiger partial charge on any atom is 0.242 e. The lowest BCUT2D eigenvalue weighted by Crippen LogP contribution is -2.66. The first kappa shape index (κ1) is 21.3. The van der Waals surface area contributed by atoms with Gasteiger partial charge in [-0.25, -0.2) is 0 Å². The monoisotopic (exact) mass is 353 g/mol. The smallest absolute Gasteiger partial charge is 0.242 e. The molecule has 0 atom stereocenters. The van der Waals surface area contributed by atoms with Crippen LogP contribution in [-0.4, -0.2) is 72.4 Å². The van der Waals surface area contributed by atoms with E-state index in [2.05, 4.69) is 29.5 Å². The number of piperazine rings is 1. The second-order valence-corrected chi connectivity index (χ2v) is 8.51. The maximum absolute atomic E-state index is 12.6. The molecule has 1 saturated heterocycles. The zero-order chi connectivity index (χ0) is 19.4. The van der Waals surface area contributed by atoms with Gasteiger partial charge in [0.15, 0.2) is 5.96 Å². The van der Waals surface area contributed by atoms with Gasteiger partial charge in [-0.1, -0.05) is 20.8 Å².